The van der Waals surface area contributed by atoms with Gasteiger partial charge in [-0.15, -0.1) is 0 Å². The van der Waals surface area contributed by atoms with Gasteiger partial charge in [0.1, 0.15) is 0 Å². The minimum atomic E-state index is 1.10. The third-order valence-electron chi connectivity index (χ3n) is 12.3. The van der Waals surface area contributed by atoms with Crippen LogP contribution in [0.3, 0.4) is 0 Å². The number of benzene rings is 11. The van der Waals surface area contributed by atoms with Crippen molar-refractivity contribution in [2.24, 2.45) is 0 Å². The maximum Gasteiger partial charge on any atom is 0.0619 e. The second-order valence-electron chi connectivity index (χ2n) is 15.7. The zero-order chi connectivity index (χ0) is 39.6. The summed E-state index contributed by atoms with van der Waals surface area (Å²) in [6, 6.07) is 84.3. The van der Waals surface area contributed by atoms with E-state index in [0.717, 1.165) is 22.7 Å². The van der Waals surface area contributed by atoms with Crippen LogP contribution in [0.2, 0.25) is 0 Å². The molecule has 0 bridgehead atoms. The van der Waals surface area contributed by atoms with Crippen molar-refractivity contribution in [2.75, 3.05) is 4.90 Å². The lowest BCUT2D eigenvalue weighted by atomic mass is 9.93. The Hall–Kier alpha value is -7.94. The molecule has 0 atom stereocenters. The van der Waals surface area contributed by atoms with Gasteiger partial charge in [-0.1, -0.05) is 176 Å². The molecule has 0 radical (unpaired) electrons. The first-order chi connectivity index (χ1) is 29.8. The van der Waals surface area contributed by atoms with Gasteiger partial charge in [-0.05, 0) is 109 Å². The van der Waals surface area contributed by atoms with Crippen LogP contribution < -0.4 is 4.90 Å². The molecule has 0 fully saturated rings. The van der Waals surface area contributed by atoms with Crippen LogP contribution in [0.25, 0.3) is 92.8 Å². The van der Waals surface area contributed by atoms with Gasteiger partial charge in [-0.2, -0.15) is 0 Å². The van der Waals surface area contributed by atoms with Crippen LogP contribution in [0.5, 0.6) is 0 Å². The van der Waals surface area contributed by atoms with Crippen LogP contribution in [0, 0.1) is 0 Å². The lowest BCUT2D eigenvalue weighted by molar-refractivity contribution is 1.19. The summed E-state index contributed by atoms with van der Waals surface area (Å²) in [4.78, 5) is 2.43. The lowest BCUT2D eigenvalue weighted by Gasteiger charge is -2.27. The number of hydrogen-bond donors (Lipinski definition) is 0. The maximum atomic E-state index is 2.45. The first-order valence-electron chi connectivity index (χ1n) is 20.7. The van der Waals surface area contributed by atoms with Crippen molar-refractivity contribution in [3.8, 4) is 27.9 Å². The topological polar surface area (TPSA) is 8.17 Å². The number of rotatable bonds is 6. The number of aromatic nitrogens is 1. The van der Waals surface area contributed by atoms with Crippen molar-refractivity contribution >= 4 is 82.0 Å². The number of fused-ring (bicyclic) bond motifs is 9. The van der Waals surface area contributed by atoms with Crippen molar-refractivity contribution in [3.05, 3.63) is 231 Å². The molecule has 12 aromatic rings. The third kappa shape index (κ3) is 5.42. The summed E-state index contributed by atoms with van der Waals surface area (Å²) >= 11 is 0. The Bertz CT molecular complexity index is 3590. The van der Waals surface area contributed by atoms with Crippen LogP contribution in [0.15, 0.2) is 231 Å². The predicted molar refractivity (Wildman–Crippen MR) is 256 cm³/mol. The van der Waals surface area contributed by atoms with E-state index in [0.29, 0.717) is 0 Å². The van der Waals surface area contributed by atoms with Gasteiger partial charge in [-0.25, -0.2) is 0 Å². The van der Waals surface area contributed by atoms with Crippen molar-refractivity contribution < 1.29 is 0 Å². The highest BCUT2D eigenvalue weighted by Gasteiger charge is 2.21. The molecule has 11 aromatic carbocycles. The molecule has 280 valence electrons. The molecule has 0 N–H and O–H groups in total. The molecule has 0 saturated heterocycles. The monoisotopic (exact) mass is 762 g/mol. The molecule has 0 aliphatic heterocycles. The number of hydrogen-bond acceptors (Lipinski definition) is 1. The van der Waals surface area contributed by atoms with E-state index in [9.17, 15) is 0 Å². The molecule has 0 saturated carbocycles. The second-order valence-corrected chi connectivity index (χ2v) is 15.7. The summed E-state index contributed by atoms with van der Waals surface area (Å²) < 4.78 is 2.45. The van der Waals surface area contributed by atoms with E-state index in [4.69, 9.17) is 0 Å². The largest absolute Gasteiger partial charge is 0.310 e. The molecule has 1 heterocycles. The molecular weight excluding hydrogens is 725 g/mol. The van der Waals surface area contributed by atoms with E-state index in [2.05, 4.69) is 240 Å². The molecule has 0 amide bonds. The molecule has 12 rings (SSSR count). The van der Waals surface area contributed by atoms with E-state index in [1.165, 1.54) is 87.1 Å². The van der Waals surface area contributed by atoms with Gasteiger partial charge in [0.15, 0.2) is 0 Å². The number of anilines is 3. The van der Waals surface area contributed by atoms with Crippen LogP contribution in [-0.2, 0) is 0 Å². The van der Waals surface area contributed by atoms with E-state index in [1.807, 2.05) is 0 Å². The lowest BCUT2D eigenvalue weighted by Crippen LogP contribution is -2.10. The number of nitrogens with zero attached hydrogens (tertiary/aromatic N) is 2. The first-order valence-corrected chi connectivity index (χ1v) is 20.7. The van der Waals surface area contributed by atoms with Gasteiger partial charge in [-0.3, -0.25) is 0 Å². The Balaban J connectivity index is 1.06. The van der Waals surface area contributed by atoms with Gasteiger partial charge >= 0.3 is 0 Å². The smallest absolute Gasteiger partial charge is 0.0619 e. The fourth-order valence-corrected chi connectivity index (χ4v) is 9.64. The Kier molecular flexibility index (Phi) is 7.89. The standard InChI is InChI=1S/C58H38N2/c1-2-20-44(21-3-1)60-56-30-14-28-49(57(56)53-36-33-40-16-5-9-25-50(40)58(53)60)42-19-12-22-46(37-42)59(55-29-13-18-39-15-4-8-24-48(39)55)45-34-31-41(32-35-45)54-38-43-17-6-7-23-47(43)51-26-10-11-27-52(51)54/h1-38H. The molecule has 0 aliphatic rings. The van der Waals surface area contributed by atoms with Crippen molar-refractivity contribution in [3.63, 3.8) is 0 Å². The maximum absolute atomic E-state index is 2.45. The molecular formula is C58H38N2. The summed E-state index contributed by atoms with van der Waals surface area (Å²) in [5, 5.41) is 12.5. The molecule has 0 unspecified atom stereocenters. The minimum absolute atomic E-state index is 1.10. The molecule has 1 aromatic heterocycles. The molecule has 2 nitrogen and oxygen atoms in total. The third-order valence-corrected chi connectivity index (χ3v) is 12.3. The highest BCUT2D eigenvalue weighted by atomic mass is 15.1. The fourth-order valence-electron chi connectivity index (χ4n) is 9.64. The van der Waals surface area contributed by atoms with Gasteiger partial charge in [0.25, 0.3) is 0 Å². The van der Waals surface area contributed by atoms with Crippen LogP contribution in [-0.4, -0.2) is 4.57 Å². The number of para-hydroxylation sites is 1. The van der Waals surface area contributed by atoms with E-state index >= 15 is 0 Å². The zero-order valence-electron chi connectivity index (χ0n) is 32.8. The summed E-state index contributed by atoms with van der Waals surface area (Å²) in [6.45, 7) is 0. The van der Waals surface area contributed by atoms with Crippen LogP contribution in [0.4, 0.5) is 17.1 Å². The van der Waals surface area contributed by atoms with Gasteiger partial charge < -0.3 is 9.47 Å². The highest BCUT2D eigenvalue weighted by molar-refractivity contribution is 6.22. The summed E-state index contributed by atoms with van der Waals surface area (Å²) in [5.41, 5.74) is 11.7. The predicted octanol–water partition coefficient (Wildman–Crippen LogP) is 16.2. The zero-order valence-corrected chi connectivity index (χ0v) is 32.8. The first kappa shape index (κ1) is 34.1. The average Bonchev–Trinajstić information content (AvgIpc) is 3.67. The Morgan fingerprint density at radius 3 is 1.77 bits per heavy atom. The molecule has 0 aliphatic carbocycles. The van der Waals surface area contributed by atoms with Crippen LogP contribution >= 0.6 is 0 Å². The van der Waals surface area contributed by atoms with Crippen molar-refractivity contribution in [1.82, 2.24) is 4.57 Å². The Morgan fingerprint density at radius 1 is 0.317 bits per heavy atom. The normalized spacial score (nSPS) is 11.7. The summed E-state index contributed by atoms with van der Waals surface area (Å²) in [7, 11) is 0. The average molecular weight is 763 g/mol. The Labute approximate surface area is 348 Å². The van der Waals surface area contributed by atoms with Crippen molar-refractivity contribution in [2.45, 2.75) is 0 Å². The molecule has 2 heteroatoms. The minimum Gasteiger partial charge on any atom is -0.310 e. The highest BCUT2D eigenvalue weighted by Crippen LogP contribution is 2.45. The van der Waals surface area contributed by atoms with E-state index in [-0.39, 0.29) is 0 Å². The van der Waals surface area contributed by atoms with Gasteiger partial charge in [0.05, 0.1) is 16.7 Å². The summed E-state index contributed by atoms with van der Waals surface area (Å²) in [5.74, 6) is 0. The van der Waals surface area contributed by atoms with Crippen LogP contribution in [0.1, 0.15) is 0 Å². The van der Waals surface area contributed by atoms with Gasteiger partial charge in [0, 0.05) is 38.6 Å². The molecule has 60 heavy (non-hydrogen) atoms. The van der Waals surface area contributed by atoms with Crippen molar-refractivity contribution in [1.29, 1.82) is 0 Å². The quantitative estimate of drug-likeness (QED) is 0.153. The Morgan fingerprint density at radius 2 is 0.950 bits per heavy atom. The van der Waals surface area contributed by atoms with E-state index in [1.54, 1.807) is 0 Å². The fraction of sp³-hybridized carbons (Fsp3) is 0. The second kappa shape index (κ2) is 13.9. The molecule has 0 spiro atoms. The van der Waals surface area contributed by atoms with E-state index < -0.39 is 0 Å². The SMILES string of the molecule is c1ccc(-n2c3cccc(-c4cccc(N(c5ccc(-c6cc7ccccc7c7ccccc67)cc5)c5cccc6ccccc56)c4)c3c3ccc4ccccc4c32)cc1. The summed E-state index contributed by atoms with van der Waals surface area (Å²) in [6.07, 6.45) is 0. The van der Waals surface area contributed by atoms with Gasteiger partial charge in [0.2, 0.25) is 0 Å².